The molecule has 4 aliphatic rings. The van der Waals surface area contributed by atoms with Crippen molar-refractivity contribution in [1.29, 1.82) is 5.26 Å². The van der Waals surface area contributed by atoms with Crippen LogP contribution in [0, 0.1) is 57.7 Å². The Hall–Kier alpha value is -1.67. The van der Waals surface area contributed by atoms with Crippen molar-refractivity contribution in [2.24, 2.45) is 46.3 Å². The number of ether oxygens (including phenoxy) is 1. The lowest BCUT2D eigenvalue weighted by Gasteiger charge is -2.62. The molecule has 0 bridgehead atoms. The molecule has 0 aliphatic heterocycles. The fourth-order valence-corrected chi connectivity index (χ4v) is 9.36. The van der Waals surface area contributed by atoms with Crippen molar-refractivity contribution >= 4 is 5.78 Å². The standard InChI is InChI=1S/C28H41N3O2/c1-19-8-11-28(12-13-33-3)21(14-19)4-5-22-23-6-7-25(27(23,2)10-9-24(22)28)26(32)18-31-17-20(15-29)16-30-31/h16-17,19,21-25H,4-14,18H2,1-3H3/t19-,21?,22-,23?,24?,25+,27-,28+/m0/s1. The highest BCUT2D eigenvalue weighted by Crippen LogP contribution is 2.68. The highest BCUT2D eigenvalue weighted by molar-refractivity contribution is 5.82. The maximum atomic E-state index is 13.4. The summed E-state index contributed by atoms with van der Waals surface area (Å²) in [6, 6.07) is 2.11. The molecule has 180 valence electrons. The van der Waals surface area contributed by atoms with Gasteiger partial charge >= 0.3 is 0 Å². The molecule has 0 amide bonds. The molecule has 3 unspecified atom stereocenters. The minimum atomic E-state index is 0.126. The largest absolute Gasteiger partial charge is 0.385 e. The predicted octanol–water partition coefficient (Wildman–Crippen LogP) is 5.64. The van der Waals surface area contributed by atoms with Crippen LogP contribution in [0.1, 0.15) is 83.6 Å². The zero-order valence-electron chi connectivity index (χ0n) is 20.8. The lowest BCUT2D eigenvalue weighted by molar-refractivity contribution is -0.144. The first-order valence-corrected chi connectivity index (χ1v) is 13.4. The number of carbonyl (C=O) groups excluding carboxylic acids is 1. The van der Waals surface area contributed by atoms with Gasteiger partial charge in [-0.15, -0.1) is 0 Å². The van der Waals surface area contributed by atoms with Crippen molar-refractivity contribution in [3.8, 4) is 6.07 Å². The Morgan fingerprint density at radius 2 is 2.06 bits per heavy atom. The summed E-state index contributed by atoms with van der Waals surface area (Å²) in [6.07, 6.45) is 16.1. The number of rotatable bonds is 6. The Morgan fingerprint density at radius 1 is 1.21 bits per heavy atom. The smallest absolute Gasteiger partial charge is 0.157 e. The molecule has 0 radical (unpaired) electrons. The molecule has 1 aromatic rings. The van der Waals surface area contributed by atoms with Crippen LogP contribution in [0.15, 0.2) is 12.4 Å². The lowest BCUT2D eigenvalue weighted by atomic mass is 9.43. The van der Waals surface area contributed by atoms with Gasteiger partial charge in [-0.3, -0.25) is 9.48 Å². The van der Waals surface area contributed by atoms with Crippen molar-refractivity contribution < 1.29 is 9.53 Å². The van der Waals surface area contributed by atoms with E-state index in [9.17, 15) is 4.79 Å². The summed E-state index contributed by atoms with van der Waals surface area (Å²) >= 11 is 0. The highest BCUT2D eigenvalue weighted by atomic mass is 16.5. The monoisotopic (exact) mass is 451 g/mol. The van der Waals surface area contributed by atoms with Crippen molar-refractivity contribution in [3.05, 3.63) is 18.0 Å². The van der Waals surface area contributed by atoms with Crippen molar-refractivity contribution in [1.82, 2.24) is 9.78 Å². The minimum Gasteiger partial charge on any atom is -0.385 e. The first-order valence-electron chi connectivity index (χ1n) is 13.4. The van der Waals surface area contributed by atoms with E-state index in [-0.39, 0.29) is 11.3 Å². The Balaban J connectivity index is 1.36. The van der Waals surface area contributed by atoms with E-state index in [1.807, 2.05) is 7.11 Å². The number of nitrogens with zero attached hydrogens (tertiary/aromatic N) is 3. The second kappa shape index (κ2) is 8.84. The van der Waals surface area contributed by atoms with E-state index < -0.39 is 0 Å². The van der Waals surface area contributed by atoms with Crippen LogP contribution in [-0.4, -0.2) is 29.3 Å². The first kappa shape index (κ1) is 23.1. The molecule has 5 heteroatoms. The third-order valence-corrected chi connectivity index (χ3v) is 10.9. The van der Waals surface area contributed by atoms with Gasteiger partial charge in [0, 0.05) is 25.8 Å². The van der Waals surface area contributed by atoms with Crippen LogP contribution in [-0.2, 0) is 16.1 Å². The molecule has 4 saturated carbocycles. The Bertz CT molecular complexity index is 914. The van der Waals surface area contributed by atoms with Crippen LogP contribution in [0.25, 0.3) is 0 Å². The molecule has 8 atom stereocenters. The van der Waals surface area contributed by atoms with Gasteiger partial charge < -0.3 is 4.74 Å². The third kappa shape index (κ3) is 3.77. The molecule has 5 rings (SSSR count). The van der Waals surface area contributed by atoms with E-state index in [0.29, 0.717) is 29.2 Å². The van der Waals surface area contributed by atoms with E-state index >= 15 is 0 Å². The van der Waals surface area contributed by atoms with E-state index in [0.717, 1.165) is 36.7 Å². The normalized spacial score (nSPS) is 42.1. The highest BCUT2D eigenvalue weighted by Gasteiger charge is 2.61. The van der Waals surface area contributed by atoms with Crippen molar-refractivity contribution in [2.45, 2.75) is 84.6 Å². The number of carbonyl (C=O) groups is 1. The summed E-state index contributed by atoms with van der Waals surface area (Å²) in [7, 11) is 1.86. The summed E-state index contributed by atoms with van der Waals surface area (Å²) in [5.41, 5.74) is 1.12. The summed E-state index contributed by atoms with van der Waals surface area (Å²) in [6.45, 7) is 6.09. The SMILES string of the molecule is COCC[C@]12CC[C@H](C)CC1CC[C@@H]1C2CC[C@@]2(C)C1CC[C@@H]2C(=O)Cn1cc(C#N)cn1. The molecule has 5 nitrogen and oxygen atoms in total. The minimum absolute atomic E-state index is 0.126. The zero-order valence-corrected chi connectivity index (χ0v) is 20.8. The number of hydrogen-bond donors (Lipinski definition) is 0. The Morgan fingerprint density at radius 3 is 2.82 bits per heavy atom. The maximum absolute atomic E-state index is 13.4. The lowest BCUT2D eigenvalue weighted by Crippen LogP contribution is -2.55. The molecule has 33 heavy (non-hydrogen) atoms. The van der Waals surface area contributed by atoms with Crippen LogP contribution >= 0.6 is 0 Å². The second-order valence-electron chi connectivity index (χ2n) is 12.2. The number of ketones is 1. The van der Waals surface area contributed by atoms with Crippen LogP contribution in [0.3, 0.4) is 0 Å². The average Bonchev–Trinajstić information content (AvgIpc) is 3.41. The molecule has 0 spiro atoms. The molecule has 4 aliphatic carbocycles. The van der Waals surface area contributed by atoms with Gasteiger partial charge in [0.1, 0.15) is 6.07 Å². The van der Waals surface area contributed by atoms with Crippen LogP contribution in [0.4, 0.5) is 0 Å². The molecular weight excluding hydrogens is 410 g/mol. The van der Waals surface area contributed by atoms with Gasteiger partial charge in [-0.2, -0.15) is 10.4 Å². The zero-order chi connectivity index (χ0) is 23.2. The summed E-state index contributed by atoms with van der Waals surface area (Å²) in [5, 5.41) is 13.3. The molecule has 4 fully saturated rings. The molecular formula is C28H41N3O2. The molecule has 1 aromatic heterocycles. The van der Waals surface area contributed by atoms with Gasteiger partial charge in [-0.25, -0.2) is 0 Å². The van der Waals surface area contributed by atoms with Crippen molar-refractivity contribution in [2.75, 3.05) is 13.7 Å². The van der Waals surface area contributed by atoms with Gasteiger partial charge in [-0.1, -0.05) is 20.3 Å². The number of aromatic nitrogens is 2. The predicted molar refractivity (Wildman–Crippen MR) is 127 cm³/mol. The van der Waals surface area contributed by atoms with E-state index in [1.165, 1.54) is 57.8 Å². The van der Waals surface area contributed by atoms with Gasteiger partial charge in [0.05, 0.1) is 18.3 Å². The number of nitriles is 1. The van der Waals surface area contributed by atoms with E-state index in [2.05, 4.69) is 25.0 Å². The number of methoxy groups -OCH3 is 1. The molecule has 1 heterocycles. The van der Waals surface area contributed by atoms with E-state index in [4.69, 9.17) is 10.00 Å². The molecule has 0 N–H and O–H groups in total. The summed E-state index contributed by atoms with van der Waals surface area (Å²) in [5.74, 6) is 4.46. The van der Waals surface area contributed by atoms with Gasteiger partial charge in [0.15, 0.2) is 5.78 Å². The summed E-state index contributed by atoms with van der Waals surface area (Å²) < 4.78 is 7.31. The van der Waals surface area contributed by atoms with Crippen LogP contribution < -0.4 is 0 Å². The molecule has 0 saturated heterocycles. The number of fused-ring (bicyclic) bond motifs is 5. The average molecular weight is 452 g/mol. The third-order valence-electron chi connectivity index (χ3n) is 10.9. The fourth-order valence-electron chi connectivity index (χ4n) is 9.36. The van der Waals surface area contributed by atoms with Crippen LogP contribution in [0.2, 0.25) is 0 Å². The second-order valence-corrected chi connectivity index (χ2v) is 12.2. The Kier molecular flexibility index (Phi) is 6.18. The number of hydrogen-bond acceptors (Lipinski definition) is 4. The van der Waals surface area contributed by atoms with E-state index in [1.54, 1.807) is 17.1 Å². The summed E-state index contributed by atoms with van der Waals surface area (Å²) in [4.78, 5) is 13.4. The quantitative estimate of drug-likeness (QED) is 0.562. The van der Waals surface area contributed by atoms with Gasteiger partial charge in [0.25, 0.3) is 0 Å². The fraction of sp³-hybridized carbons (Fsp3) is 0.821. The maximum Gasteiger partial charge on any atom is 0.157 e. The van der Waals surface area contributed by atoms with Crippen molar-refractivity contribution in [3.63, 3.8) is 0 Å². The van der Waals surface area contributed by atoms with Gasteiger partial charge in [0.2, 0.25) is 0 Å². The Labute approximate surface area is 199 Å². The van der Waals surface area contributed by atoms with Gasteiger partial charge in [-0.05, 0) is 98.2 Å². The van der Waals surface area contributed by atoms with Crippen LogP contribution in [0.5, 0.6) is 0 Å². The first-order chi connectivity index (χ1) is 15.9. The topological polar surface area (TPSA) is 67.9 Å². The molecule has 0 aromatic carbocycles. The number of Topliss-reactive ketones (excluding diaryl/α,β-unsaturated/α-hetero) is 1.